The fourth-order valence-electron chi connectivity index (χ4n) is 2.10. The second kappa shape index (κ2) is 3.98. The van der Waals surface area contributed by atoms with E-state index < -0.39 is 11.4 Å². The van der Waals surface area contributed by atoms with Crippen LogP contribution in [0.15, 0.2) is 39.5 Å². The molecule has 96 valence electrons. The van der Waals surface area contributed by atoms with E-state index in [4.69, 9.17) is 14.9 Å². The summed E-state index contributed by atoms with van der Waals surface area (Å²) in [7, 11) is 1.34. The number of nitrogen functional groups attached to an aromatic ring is 1. The van der Waals surface area contributed by atoms with E-state index in [2.05, 4.69) is 0 Å². The van der Waals surface area contributed by atoms with E-state index in [-0.39, 0.29) is 11.1 Å². The lowest BCUT2D eigenvalue weighted by molar-refractivity contribution is 0.387. The molecule has 0 aliphatic heterocycles. The van der Waals surface area contributed by atoms with Crippen LogP contribution in [-0.2, 0) is 0 Å². The molecule has 4 nitrogen and oxygen atoms in total. The second-order valence-corrected chi connectivity index (χ2v) is 4.18. The molecule has 3 rings (SSSR count). The minimum absolute atomic E-state index is 0.00888. The van der Waals surface area contributed by atoms with Crippen molar-refractivity contribution in [3.05, 3.63) is 46.6 Å². The predicted molar refractivity (Wildman–Crippen MR) is 70.9 cm³/mol. The zero-order chi connectivity index (χ0) is 13.6. The van der Waals surface area contributed by atoms with Crippen LogP contribution in [0.2, 0.25) is 0 Å². The summed E-state index contributed by atoms with van der Waals surface area (Å²) >= 11 is 0. The fraction of sp³-hybridized carbons (Fsp3) is 0.0714. The average molecular weight is 259 g/mol. The van der Waals surface area contributed by atoms with Crippen LogP contribution in [0.5, 0.6) is 5.75 Å². The molecule has 1 aromatic heterocycles. The van der Waals surface area contributed by atoms with Gasteiger partial charge in [0.2, 0.25) is 0 Å². The molecule has 0 amide bonds. The molecule has 0 radical (unpaired) electrons. The van der Waals surface area contributed by atoms with Crippen LogP contribution in [0, 0.1) is 5.82 Å². The predicted octanol–water partition coefficient (Wildman–Crippen LogP) is 2.68. The van der Waals surface area contributed by atoms with Crippen LogP contribution in [-0.4, -0.2) is 7.11 Å². The summed E-state index contributed by atoms with van der Waals surface area (Å²) in [4.78, 5) is 11.9. The Kier molecular flexibility index (Phi) is 2.41. The number of hydrogen-bond donors (Lipinski definition) is 1. The Bertz CT molecular complexity index is 855. The molecule has 0 fully saturated rings. The van der Waals surface area contributed by atoms with Gasteiger partial charge < -0.3 is 14.9 Å². The summed E-state index contributed by atoms with van der Waals surface area (Å²) in [6.07, 6.45) is 0. The minimum atomic E-state index is -0.550. The first kappa shape index (κ1) is 11.5. The third kappa shape index (κ3) is 1.71. The maximum Gasteiger partial charge on any atom is 0.344 e. The highest BCUT2D eigenvalue weighted by atomic mass is 19.1. The van der Waals surface area contributed by atoms with E-state index in [9.17, 15) is 9.18 Å². The topological polar surface area (TPSA) is 65.5 Å². The molecule has 0 spiro atoms. The Hall–Kier alpha value is -2.56. The Morgan fingerprint density at radius 2 is 1.95 bits per heavy atom. The third-order valence-corrected chi connectivity index (χ3v) is 3.01. The summed E-state index contributed by atoms with van der Waals surface area (Å²) < 4.78 is 23.8. The summed E-state index contributed by atoms with van der Waals surface area (Å²) in [5.41, 5.74) is 5.90. The average Bonchev–Trinajstić information content (AvgIpc) is 2.38. The number of rotatable bonds is 1. The molecule has 3 aromatic rings. The number of hydrogen-bond acceptors (Lipinski definition) is 4. The summed E-state index contributed by atoms with van der Waals surface area (Å²) in [6, 6.07) is 7.51. The summed E-state index contributed by atoms with van der Waals surface area (Å²) in [5, 5.41) is 1.38. The van der Waals surface area contributed by atoms with Crippen molar-refractivity contribution in [3.63, 3.8) is 0 Å². The lowest BCUT2D eigenvalue weighted by Gasteiger charge is -2.06. The van der Waals surface area contributed by atoms with Gasteiger partial charge in [0.05, 0.1) is 12.5 Å². The van der Waals surface area contributed by atoms with Gasteiger partial charge in [0.15, 0.2) is 11.6 Å². The first-order valence-corrected chi connectivity index (χ1v) is 5.60. The van der Waals surface area contributed by atoms with Gasteiger partial charge in [-0.05, 0) is 24.3 Å². The quantitative estimate of drug-likeness (QED) is 0.414. The van der Waals surface area contributed by atoms with Crippen LogP contribution in [0.3, 0.4) is 0 Å². The highest BCUT2D eigenvalue weighted by Crippen LogP contribution is 2.29. The zero-order valence-corrected chi connectivity index (χ0v) is 10.1. The van der Waals surface area contributed by atoms with Crippen LogP contribution in [0.4, 0.5) is 10.1 Å². The Labute approximate surface area is 107 Å². The first-order valence-electron chi connectivity index (χ1n) is 5.60. The van der Waals surface area contributed by atoms with Gasteiger partial charge in [-0.2, -0.15) is 0 Å². The van der Waals surface area contributed by atoms with E-state index in [0.717, 1.165) is 0 Å². The summed E-state index contributed by atoms with van der Waals surface area (Å²) in [6.45, 7) is 0. The van der Waals surface area contributed by atoms with Crippen molar-refractivity contribution >= 4 is 27.4 Å². The molecule has 0 bridgehead atoms. The molecule has 2 aromatic carbocycles. The number of halogens is 1. The molecule has 0 unspecified atom stereocenters. The molecule has 5 heteroatoms. The van der Waals surface area contributed by atoms with E-state index in [1.165, 1.54) is 25.3 Å². The molecular formula is C14H10FNO3. The van der Waals surface area contributed by atoms with Gasteiger partial charge in [-0.15, -0.1) is 0 Å². The largest absolute Gasteiger partial charge is 0.494 e. The van der Waals surface area contributed by atoms with E-state index in [1.54, 1.807) is 12.1 Å². The third-order valence-electron chi connectivity index (χ3n) is 3.01. The van der Waals surface area contributed by atoms with Gasteiger partial charge in [0, 0.05) is 22.5 Å². The van der Waals surface area contributed by atoms with Gasteiger partial charge in [0.1, 0.15) is 5.58 Å². The standard InChI is InChI=1S/C14H10FNO3/c1-18-13-6-10-9(5-11(13)15)8-3-2-7(16)4-12(8)19-14(10)17/h2-6H,16H2,1H3. The van der Waals surface area contributed by atoms with E-state index in [0.29, 0.717) is 22.0 Å². The molecule has 0 saturated heterocycles. The smallest absolute Gasteiger partial charge is 0.344 e. The zero-order valence-electron chi connectivity index (χ0n) is 10.1. The van der Waals surface area contributed by atoms with Crippen LogP contribution in [0.1, 0.15) is 0 Å². The molecule has 0 saturated carbocycles. The highest BCUT2D eigenvalue weighted by molar-refractivity contribution is 6.05. The van der Waals surface area contributed by atoms with Crippen LogP contribution >= 0.6 is 0 Å². The fourth-order valence-corrected chi connectivity index (χ4v) is 2.10. The number of nitrogens with two attached hydrogens (primary N) is 1. The van der Waals surface area contributed by atoms with Crippen molar-refractivity contribution in [2.75, 3.05) is 12.8 Å². The maximum absolute atomic E-state index is 13.8. The number of anilines is 1. The lowest BCUT2D eigenvalue weighted by Crippen LogP contribution is -2.01. The van der Waals surface area contributed by atoms with Gasteiger partial charge in [0.25, 0.3) is 0 Å². The van der Waals surface area contributed by atoms with Crippen molar-refractivity contribution in [1.82, 2.24) is 0 Å². The minimum Gasteiger partial charge on any atom is -0.494 e. The van der Waals surface area contributed by atoms with Crippen LogP contribution in [0.25, 0.3) is 21.7 Å². The Morgan fingerprint density at radius 3 is 2.68 bits per heavy atom. The van der Waals surface area contributed by atoms with Crippen LogP contribution < -0.4 is 16.1 Å². The molecule has 0 aliphatic rings. The van der Waals surface area contributed by atoms with Gasteiger partial charge in [-0.1, -0.05) is 0 Å². The van der Waals surface area contributed by atoms with Gasteiger partial charge in [-0.25, -0.2) is 9.18 Å². The van der Waals surface area contributed by atoms with Gasteiger partial charge in [-0.3, -0.25) is 0 Å². The molecule has 19 heavy (non-hydrogen) atoms. The monoisotopic (exact) mass is 259 g/mol. The summed E-state index contributed by atoms with van der Waals surface area (Å²) in [5.74, 6) is -0.520. The normalized spacial score (nSPS) is 11.1. The SMILES string of the molecule is COc1cc2c(=O)oc3cc(N)ccc3c2cc1F. The number of methoxy groups -OCH3 is 1. The van der Waals surface area contributed by atoms with E-state index >= 15 is 0 Å². The second-order valence-electron chi connectivity index (χ2n) is 4.18. The Balaban J connectivity index is 2.54. The van der Waals surface area contributed by atoms with Crippen molar-refractivity contribution in [2.24, 2.45) is 0 Å². The molecule has 0 aliphatic carbocycles. The van der Waals surface area contributed by atoms with Crippen molar-refractivity contribution in [1.29, 1.82) is 0 Å². The lowest BCUT2D eigenvalue weighted by atomic mass is 10.1. The van der Waals surface area contributed by atoms with Crippen molar-refractivity contribution < 1.29 is 13.5 Å². The number of ether oxygens (including phenoxy) is 1. The molecular weight excluding hydrogens is 249 g/mol. The Morgan fingerprint density at radius 1 is 1.16 bits per heavy atom. The van der Waals surface area contributed by atoms with Gasteiger partial charge >= 0.3 is 5.63 Å². The maximum atomic E-state index is 13.8. The van der Waals surface area contributed by atoms with Crippen molar-refractivity contribution in [3.8, 4) is 5.75 Å². The number of benzene rings is 2. The first-order chi connectivity index (χ1) is 9.10. The van der Waals surface area contributed by atoms with E-state index in [1.807, 2.05) is 0 Å². The molecule has 1 heterocycles. The molecule has 0 atom stereocenters. The highest BCUT2D eigenvalue weighted by Gasteiger charge is 2.12. The van der Waals surface area contributed by atoms with Crippen molar-refractivity contribution in [2.45, 2.75) is 0 Å². The number of fused-ring (bicyclic) bond motifs is 3. The molecule has 2 N–H and O–H groups in total.